The number of carbonyl (C=O) groups is 1. The quantitative estimate of drug-likeness (QED) is 0.670. The Bertz CT molecular complexity index is 281. The van der Waals surface area contributed by atoms with E-state index in [1.807, 2.05) is 0 Å². The fourth-order valence-corrected chi connectivity index (χ4v) is 2.60. The van der Waals surface area contributed by atoms with Crippen LogP contribution in [0.4, 0.5) is 0 Å². The van der Waals surface area contributed by atoms with E-state index >= 15 is 0 Å². The number of nitrogens with one attached hydrogen (secondary N) is 2. The molecule has 0 aromatic rings. The number of hydrogen-bond acceptors (Lipinski definition) is 3. The number of hydrogen-bond donors (Lipinski definition) is 2. The first-order chi connectivity index (χ1) is 9.54. The summed E-state index contributed by atoms with van der Waals surface area (Å²) in [5, 5.41) is 6.61. The highest BCUT2D eigenvalue weighted by molar-refractivity contribution is 5.78. The Balaban J connectivity index is 2.39. The topological polar surface area (TPSA) is 44.4 Å². The van der Waals surface area contributed by atoms with Crippen molar-refractivity contribution in [3.63, 3.8) is 0 Å². The lowest BCUT2D eigenvalue weighted by atomic mass is 10.0. The van der Waals surface area contributed by atoms with Gasteiger partial charge in [-0.2, -0.15) is 0 Å². The molecule has 0 bridgehead atoms. The molecular formula is C16H33N3O. The largest absolute Gasteiger partial charge is 0.352 e. The van der Waals surface area contributed by atoms with Crippen LogP contribution in [0.3, 0.4) is 0 Å². The summed E-state index contributed by atoms with van der Waals surface area (Å²) in [6.45, 7) is 12.2. The third kappa shape index (κ3) is 6.23. The zero-order valence-electron chi connectivity index (χ0n) is 13.7. The second-order valence-electron chi connectivity index (χ2n) is 6.42. The first kappa shape index (κ1) is 17.4. The Labute approximate surface area is 124 Å². The minimum Gasteiger partial charge on any atom is -0.352 e. The van der Waals surface area contributed by atoms with Gasteiger partial charge in [0.15, 0.2) is 0 Å². The maximum Gasteiger partial charge on any atom is 0.234 e. The molecule has 1 aliphatic rings. The van der Waals surface area contributed by atoms with Crippen molar-refractivity contribution in [2.75, 3.05) is 26.2 Å². The van der Waals surface area contributed by atoms with Crippen LogP contribution in [0.2, 0.25) is 0 Å². The summed E-state index contributed by atoms with van der Waals surface area (Å²) in [4.78, 5) is 14.5. The van der Waals surface area contributed by atoms with Crippen molar-refractivity contribution < 1.29 is 4.79 Å². The van der Waals surface area contributed by atoms with Crippen molar-refractivity contribution >= 4 is 5.91 Å². The third-order valence-corrected chi connectivity index (χ3v) is 4.29. The van der Waals surface area contributed by atoms with Crippen LogP contribution in [0.5, 0.6) is 0 Å². The highest BCUT2D eigenvalue weighted by Gasteiger charge is 2.24. The summed E-state index contributed by atoms with van der Waals surface area (Å²) in [7, 11) is 0. The van der Waals surface area contributed by atoms with Crippen molar-refractivity contribution in [1.82, 2.24) is 15.5 Å². The third-order valence-electron chi connectivity index (χ3n) is 4.29. The standard InChI is InChI=1S/C16H33N3O/c1-5-9-17-11-15-8-6-7-10-19(15)12-16(20)18-14(4)13(2)3/h13-15,17H,5-12H2,1-4H3,(H,18,20). The Hall–Kier alpha value is -0.610. The highest BCUT2D eigenvalue weighted by Crippen LogP contribution is 2.16. The van der Waals surface area contributed by atoms with Gasteiger partial charge in [0.2, 0.25) is 5.91 Å². The van der Waals surface area contributed by atoms with Gasteiger partial charge in [0.25, 0.3) is 0 Å². The van der Waals surface area contributed by atoms with Gasteiger partial charge in [0, 0.05) is 18.6 Å². The molecule has 1 saturated heterocycles. The van der Waals surface area contributed by atoms with Crippen molar-refractivity contribution in [2.45, 2.75) is 65.5 Å². The minimum atomic E-state index is 0.175. The Morgan fingerprint density at radius 2 is 2.05 bits per heavy atom. The molecular weight excluding hydrogens is 250 g/mol. The Morgan fingerprint density at radius 1 is 1.30 bits per heavy atom. The van der Waals surface area contributed by atoms with Gasteiger partial charge in [0.1, 0.15) is 0 Å². The first-order valence-electron chi connectivity index (χ1n) is 8.28. The summed E-state index contributed by atoms with van der Waals surface area (Å²) >= 11 is 0. The molecule has 1 fully saturated rings. The van der Waals surface area contributed by atoms with Crippen LogP contribution in [-0.4, -0.2) is 49.1 Å². The lowest BCUT2D eigenvalue weighted by molar-refractivity contribution is -0.124. The fourth-order valence-electron chi connectivity index (χ4n) is 2.60. The van der Waals surface area contributed by atoms with Crippen LogP contribution in [0.15, 0.2) is 0 Å². The van der Waals surface area contributed by atoms with E-state index < -0.39 is 0 Å². The molecule has 0 radical (unpaired) electrons. The van der Waals surface area contributed by atoms with Crippen LogP contribution in [0.1, 0.15) is 53.4 Å². The maximum atomic E-state index is 12.1. The van der Waals surface area contributed by atoms with Crippen molar-refractivity contribution in [2.24, 2.45) is 5.92 Å². The molecule has 0 aromatic carbocycles. The first-order valence-corrected chi connectivity index (χ1v) is 8.28. The van der Waals surface area contributed by atoms with E-state index in [-0.39, 0.29) is 11.9 Å². The highest BCUT2D eigenvalue weighted by atomic mass is 16.2. The molecule has 1 rings (SSSR count). The molecule has 2 atom stereocenters. The average molecular weight is 283 g/mol. The van der Waals surface area contributed by atoms with E-state index in [0.717, 1.165) is 19.6 Å². The predicted octanol–water partition coefficient (Wildman–Crippen LogP) is 2.00. The van der Waals surface area contributed by atoms with Gasteiger partial charge < -0.3 is 10.6 Å². The van der Waals surface area contributed by atoms with Crippen LogP contribution in [0, 0.1) is 5.92 Å². The van der Waals surface area contributed by atoms with Gasteiger partial charge in [-0.3, -0.25) is 9.69 Å². The van der Waals surface area contributed by atoms with E-state index in [2.05, 4.69) is 43.2 Å². The van der Waals surface area contributed by atoms with Crippen molar-refractivity contribution in [1.29, 1.82) is 0 Å². The van der Waals surface area contributed by atoms with Crippen molar-refractivity contribution in [3.8, 4) is 0 Å². The van der Waals surface area contributed by atoms with Crippen LogP contribution in [-0.2, 0) is 4.79 Å². The van der Waals surface area contributed by atoms with Crippen LogP contribution in [0.25, 0.3) is 0 Å². The molecule has 20 heavy (non-hydrogen) atoms. The van der Waals surface area contributed by atoms with Crippen molar-refractivity contribution in [3.05, 3.63) is 0 Å². The van der Waals surface area contributed by atoms with Gasteiger partial charge in [-0.15, -0.1) is 0 Å². The number of nitrogens with zero attached hydrogens (tertiary/aromatic N) is 1. The van der Waals surface area contributed by atoms with Gasteiger partial charge in [0.05, 0.1) is 6.54 Å². The molecule has 0 aliphatic carbocycles. The molecule has 4 heteroatoms. The number of amides is 1. The fraction of sp³-hybridized carbons (Fsp3) is 0.938. The summed E-state index contributed by atoms with van der Waals surface area (Å²) in [6, 6.07) is 0.777. The zero-order valence-corrected chi connectivity index (χ0v) is 13.7. The zero-order chi connectivity index (χ0) is 15.0. The van der Waals surface area contributed by atoms with E-state index in [4.69, 9.17) is 0 Å². The van der Waals surface area contributed by atoms with Crippen LogP contribution >= 0.6 is 0 Å². The number of carbonyl (C=O) groups excluding carboxylic acids is 1. The van der Waals surface area contributed by atoms with E-state index in [9.17, 15) is 4.79 Å². The van der Waals surface area contributed by atoms with E-state index in [0.29, 0.717) is 18.5 Å². The van der Waals surface area contributed by atoms with E-state index in [1.165, 1.54) is 25.7 Å². The van der Waals surface area contributed by atoms with Crippen LogP contribution < -0.4 is 10.6 Å². The SMILES string of the molecule is CCCNCC1CCCCN1CC(=O)NC(C)C(C)C. The predicted molar refractivity (Wildman–Crippen MR) is 84.8 cm³/mol. The minimum absolute atomic E-state index is 0.175. The molecule has 2 N–H and O–H groups in total. The lowest BCUT2D eigenvalue weighted by Gasteiger charge is -2.35. The molecule has 1 aliphatic heterocycles. The average Bonchev–Trinajstić information content (AvgIpc) is 2.40. The van der Waals surface area contributed by atoms with Gasteiger partial charge >= 0.3 is 0 Å². The van der Waals surface area contributed by atoms with Gasteiger partial charge in [-0.25, -0.2) is 0 Å². The Kier molecular flexibility index (Phi) is 8.15. The van der Waals surface area contributed by atoms with Gasteiger partial charge in [-0.1, -0.05) is 27.2 Å². The summed E-state index contributed by atoms with van der Waals surface area (Å²) in [5.41, 5.74) is 0. The smallest absolute Gasteiger partial charge is 0.234 e. The lowest BCUT2D eigenvalue weighted by Crippen LogP contribution is -2.50. The number of piperidine rings is 1. The Morgan fingerprint density at radius 3 is 2.70 bits per heavy atom. The molecule has 1 amide bonds. The van der Waals surface area contributed by atoms with E-state index in [1.54, 1.807) is 0 Å². The molecule has 2 unspecified atom stereocenters. The summed E-state index contributed by atoms with van der Waals surface area (Å²) < 4.78 is 0. The maximum absolute atomic E-state index is 12.1. The summed E-state index contributed by atoms with van der Waals surface area (Å²) in [6.07, 6.45) is 4.89. The van der Waals surface area contributed by atoms with Gasteiger partial charge in [-0.05, 0) is 45.2 Å². The second-order valence-corrected chi connectivity index (χ2v) is 6.42. The molecule has 1 heterocycles. The molecule has 118 valence electrons. The normalized spacial score (nSPS) is 21.9. The number of rotatable bonds is 8. The monoisotopic (exact) mass is 283 g/mol. The molecule has 0 aromatic heterocycles. The summed E-state index contributed by atoms with van der Waals surface area (Å²) in [5.74, 6) is 0.663. The molecule has 0 saturated carbocycles. The second kappa shape index (κ2) is 9.35. The molecule has 4 nitrogen and oxygen atoms in total. The number of likely N-dealkylation sites (tertiary alicyclic amines) is 1. The molecule has 0 spiro atoms.